The smallest absolute Gasteiger partial charge is 0.248 e. The summed E-state index contributed by atoms with van der Waals surface area (Å²) in [4.78, 5) is 12.5. The fourth-order valence-electron chi connectivity index (χ4n) is 3.39. The first-order valence-corrected chi connectivity index (χ1v) is 8.06. The van der Waals surface area contributed by atoms with Crippen molar-refractivity contribution in [3.05, 3.63) is 46.7 Å². The minimum absolute atomic E-state index is 0.192. The molecule has 6 heteroatoms. The van der Waals surface area contributed by atoms with E-state index in [4.69, 9.17) is 0 Å². The van der Waals surface area contributed by atoms with Gasteiger partial charge < -0.3 is 5.32 Å². The third-order valence-corrected chi connectivity index (χ3v) is 4.65. The minimum Gasteiger partial charge on any atom is -0.326 e. The van der Waals surface area contributed by atoms with E-state index in [9.17, 15) is 4.79 Å². The standard InChI is InChI=1S/C17H19N5O/c1-10(2)11-6-8-12(9-7-11)16-15-13(4-3-5-14(15)23)18-17-19-20-21-22(16)17/h6-10,16H,3-5H2,1-2H3,(H,18,19,21)/t16-/m1/s1. The van der Waals surface area contributed by atoms with Crippen LogP contribution in [0.25, 0.3) is 0 Å². The van der Waals surface area contributed by atoms with E-state index >= 15 is 0 Å². The van der Waals surface area contributed by atoms with Gasteiger partial charge in [0.25, 0.3) is 0 Å². The van der Waals surface area contributed by atoms with Gasteiger partial charge >= 0.3 is 0 Å². The molecule has 1 N–H and O–H groups in total. The molecule has 0 fully saturated rings. The fourth-order valence-corrected chi connectivity index (χ4v) is 3.39. The Labute approximate surface area is 134 Å². The Morgan fingerprint density at radius 1 is 1.22 bits per heavy atom. The zero-order valence-electron chi connectivity index (χ0n) is 13.3. The number of rotatable bonds is 2. The van der Waals surface area contributed by atoms with Gasteiger partial charge in [0, 0.05) is 17.7 Å². The molecule has 1 aliphatic heterocycles. The predicted molar refractivity (Wildman–Crippen MR) is 86.0 cm³/mol. The van der Waals surface area contributed by atoms with Crippen molar-refractivity contribution in [3.8, 4) is 0 Å². The summed E-state index contributed by atoms with van der Waals surface area (Å²) in [7, 11) is 0. The Kier molecular flexibility index (Phi) is 3.25. The number of fused-ring (bicyclic) bond motifs is 1. The zero-order valence-corrected chi connectivity index (χ0v) is 13.3. The van der Waals surface area contributed by atoms with Crippen molar-refractivity contribution in [2.24, 2.45) is 0 Å². The Balaban J connectivity index is 1.84. The molecule has 23 heavy (non-hydrogen) atoms. The molecule has 2 aromatic rings. The second-order valence-corrected chi connectivity index (χ2v) is 6.46. The van der Waals surface area contributed by atoms with Crippen LogP contribution in [0.1, 0.15) is 56.2 Å². The first-order chi connectivity index (χ1) is 11.1. The van der Waals surface area contributed by atoms with Crippen LogP contribution in [0.3, 0.4) is 0 Å². The fraction of sp³-hybridized carbons (Fsp3) is 0.412. The highest BCUT2D eigenvalue weighted by Gasteiger charge is 2.36. The monoisotopic (exact) mass is 309 g/mol. The summed E-state index contributed by atoms with van der Waals surface area (Å²) in [6.45, 7) is 4.34. The van der Waals surface area contributed by atoms with Crippen molar-refractivity contribution in [1.82, 2.24) is 20.2 Å². The van der Waals surface area contributed by atoms with Crippen molar-refractivity contribution in [2.45, 2.75) is 45.1 Å². The van der Waals surface area contributed by atoms with E-state index in [1.807, 2.05) is 0 Å². The average Bonchev–Trinajstić information content (AvgIpc) is 3.01. The molecule has 118 valence electrons. The number of nitrogens with zero attached hydrogens (tertiary/aromatic N) is 4. The Hall–Kier alpha value is -2.50. The molecule has 1 aromatic carbocycles. The number of benzene rings is 1. The molecule has 0 spiro atoms. The quantitative estimate of drug-likeness (QED) is 0.923. The number of carbonyl (C=O) groups is 1. The lowest BCUT2D eigenvalue weighted by Gasteiger charge is -2.31. The predicted octanol–water partition coefficient (Wildman–Crippen LogP) is 2.82. The Morgan fingerprint density at radius 3 is 2.74 bits per heavy atom. The summed E-state index contributed by atoms with van der Waals surface area (Å²) in [5, 5.41) is 15.1. The molecule has 0 radical (unpaired) electrons. The van der Waals surface area contributed by atoms with Crippen LogP contribution in [0.5, 0.6) is 0 Å². The van der Waals surface area contributed by atoms with Gasteiger partial charge in [-0.05, 0) is 40.3 Å². The van der Waals surface area contributed by atoms with Crippen LogP contribution in [-0.4, -0.2) is 26.0 Å². The largest absolute Gasteiger partial charge is 0.326 e. The lowest BCUT2D eigenvalue weighted by Crippen LogP contribution is -2.31. The van der Waals surface area contributed by atoms with Crippen molar-refractivity contribution in [3.63, 3.8) is 0 Å². The molecular formula is C17H19N5O. The molecule has 1 aliphatic carbocycles. The van der Waals surface area contributed by atoms with E-state index in [2.05, 4.69) is 59.0 Å². The summed E-state index contributed by atoms with van der Waals surface area (Å²) in [5.74, 6) is 1.28. The van der Waals surface area contributed by atoms with Gasteiger partial charge in [-0.1, -0.05) is 43.2 Å². The van der Waals surface area contributed by atoms with Gasteiger partial charge in [0.2, 0.25) is 5.95 Å². The highest BCUT2D eigenvalue weighted by molar-refractivity contribution is 5.99. The lowest BCUT2D eigenvalue weighted by molar-refractivity contribution is -0.116. The maximum atomic E-state index is 12.5. The molecule has 1 atom stereocenters. The van der Waals surface area contributed by atoms with Crippen molar-refractivity contribution in [2.75, 3.05) is 5.32 Å². The van der Waals surface area contributed by atoms with E-state index in [1.54, 1.807) is 4.68 Å². The minimum atomic E-state index is -0.231. The maximum absolute atomic E-state index is 12.5. The number of anilines is 1. The van der Waals surface area contributed by atoms with Crippen LogP contribution >= 0.6 is 0 Å². The third kappa shape index (κ3) is 2.25. The molecule has 0 saturated heterocycles. The molecule has 2 heterocycles. The number of carbonyl (C=O) groups excluding carboxylic acids is 1. The number of ketones is 1. The van der Waals surface area contributed by atoms with Gasteiger partial charge in [0.1, 0.15) is 6.04 Å². The van der Waals surface area contributed by atoms with Crippen LogP contribution in [-0.2, 0) is 4.79 Å². The highest BCUT2D eigenvalue weighted by Crippen LogP contribution is 2.39. The Morgan fingerprint density at radius 2 is 2.00 bits per heavy atom. The highest BCUT2D eigenvalue weighted by atomic mass is 16.1. The molecule has 4 rings (SSSR count). The van der Waals surface area contributed by atoms with Crippen LogP contribution < -0.4 is 5.32 Å². The SMILES string of the molecule is CC(C)c1ccc([C@@H]2C3=C(CCCC3=O)Nc3nnnn32)cc1. The van der Waals surface area contributed by atoms with Crippen molar-refractivity contribution < 1.29 is 4.79 Å². The number of nitrogens with one attached hydrogen (secondary N) is 1. The van der Waals surface area contributed by atoms with Gasteiger partial charge in [-0.15, -0.1) is 0 Å². The zero-order chi connectivity index (χ0) is 16.0. The van der Waals surface area contributed by atoms with Gasteiger partial charge in [0.05, 0.1) is 0 Å². The van der Waals surface area contributed by atoms with Crippen LogP contribution in [0.15, 0.2) is 35.5 Å². The number of hydrogen-bond acceptors (Lipinski definition) is 5. The summed E-state index contributed by atoms with van der Waals surface area (Å²) in [5.41, 5.74) is 4.12. The van der Waals surface area contributed by atoms with Crippen LogP contribution in [0.4, 0.5) is 5.95 Å². The second kappa shape index (κ2) is 5.30. The first-order valence-electron chi connectivity index (χ1n) is 8.06. The van der Waals surface area contributed by atoms with Crippen LogP contribution in [0.2, 0.25) is 0 Å². The lowest BCUT2D eigenvalue weighted by atomic mass is 9.85. The number of Topliss-reactive ketones (excluding diaryl/α,β-unsaturated/α-hetero) is 1. The summed E-state index contributed by atoms with van der Waals surface area (Å²) in [6, 6.07) is 8.19. The first kappa shape index (κ1) is 14.1. The summed E-state index contributed by atoms with van der Waals surface area (Å²) >= 11 is 0. The Bertz CT molecular complexity index is 788. The summed E-state index contributed by atoms with van der Waals surface area (Å²) in [6.07, 6.45) is 2.35. The third-order valence-electron chi connectivity index (χ3n) is 4.65. The molecule has 0 unspecified atom stereocenters. The number of aromatic nitrogens is 4. The number of hydrogen-bond donors (Lipinski definition) is 1. The van der Waals surface area contributed by atoms with E-state index in [-0.39, 0.29) is 11.8 Å². The number of allylic oxidation sites excluding steroid dienone is 2. The molecule has 2 aliphatic rings. The van der Waals surface area contributed by atoms with Gasteiger partial charge in [-0.2, -0.15) is 4.68 Å². The van der Waals surface area contributed by atoms with E-state index < -0.39 is 0 Å². The molecule has 0 amide bonds. The van der Waals surface area contributed by atoms with Crippen molar-refractivity contribution in [1.29, 1.82) is 0 Å². The topological polar surface area (TPSA) is 72.7 Å². The normalized spacial score (nSPS) is 20.3. The summed E-state index contributed by atoms with van der Waals surface area (Å²) < 4.78 is 1.71. The van der Waals surface area contributed by atoms with Gasteiger partial charge in [-0.25, -0.2) is 0 Å². The molecular weight excluding hydrogens is 290 g/mol. The van der Waals surface area contributed by atoms with E-state index in [0.29, 0.717) is 18.3 Å². The molecule has 0 saturated carbocycles. The van der Waals surface area contributed by atoms with E-state index in [1.165, 1.54) is 5.56 Å². The number of tetrazole rings is 1. The second-order valence-electron chi connectivity index (χ2n) is 6.46. The maximum Gasteiger partial charge on any atom is 0.248 e. The average molecular weight is 309 g/mol. The molecule has 0 bridgehead atoms. The van der Waals surface area contributed by atoms with Crippen molar-refractivity contribution >= 4 is 11.7 Å². The van der Waals surface area contributed by atoms with Gasteiger partial charge in [-0.3, -0.25) is 4.79 Å². The van der Waals surface area contributed by atoms with Gasteiger partial charge in [0.15, 0.2) is 5.78 Å². The molecule has 1 aromatic heterocycles. The van der Waals surface area contributed by atoms with E-state index in [0.717, 1.165) is 29.7 Å². The van der Waals surface area contributed by atoms with Crippen LogP contribution in [0, 0.1) is 0 Å². The molecule has 6 nitrogen and oxygen atoms in total.